The first-order valence-electron chi connectivity index (χ1n) is 9.02. The SMILES string of the molecule is COc1cc(OC)c([C@@H]2[NH2+][C@@H](C(=O)[O-])Cc3c2[nH]c2ccccc32)cc1OC. The molecule has 4 rings (SSSR count). The van der Waals surface area contributed by atoms with Gasteiger partial charge in [0.25, 0.3) is 0 Å². The predicted octanol–water partition coefficient (Wildman–Crippen LogP) is 0.521. The van der Waals surface area contributed by atoms with E-state index in [0.29, 0.717) is 23.7 Å². The van der Waals surface area contributed by atoms with Gasteiger partial charge in [-0.1, -0.05) is 18.2 Å². The van der Waals surface area contributed by atoms with Crippen molar-refractivity contribution < 1.29 is 29.4 Å². The van der Waals surface area contributed by atoms with Gasteiger partial charge in [0.15, 0.2) is 17.5 Å². The van der Waals surface area contributed by atoms with Crippen LogP contribution in [0.5, 0.6) is 17.2 Å². The number of ether oxygens (including phenoxy) is 3. The molecule has 2 heterocycles. The van der Waals surface area contributed by atoms with E-state index in [1.54, 1.807) is 32.7 Å². The average Bonchev–Trinajstić information content (AvgIpc) is 3.10. The zero-order chi connectivity index (χ0) is 19.8. The van der Waals surface area contributed by atoms with E-state index in [1.807, 2.05) is 30.3 Å². The van der Waals surface area contributed by atoms with E-state index >= 15 is 0 Å². The Hall–Kier alpha value is -3.19. The van der Waals surface area contributed by atoms with Crippen molar-refractivity contribution in [3.63, 3.8) is 0 Å². The van der Waals surface area contributed by atoms with Crippen LogP contribution in [0.4, 0.5) is 0 Å². The second-order valence-corrected chi connectivity index (χ2v) is 6.81. The summed E-state index contributed by atoms with van der Waals surface area (Å²) in [5.41, 5.74) is 3.74. The molecule has 0 amide bonds. The van der Waals surface area contributed by atoms with Gasteiger partial charge in [-0.3, -0.25) is 0 Å². The first-order valence-corrected chi connectivity index (χ1v) is 9.02. The number of nitrogens with two attached hydrogens (primary N) is 1. The van der Waals surface area contributed by atoms with Gasteiger partial charge in [-0.2, -0.15) is 0 Å². The van der Waals surface area contributed by atoms with Crippen molar-refractivity contribution in [3.05, 3.63) is 53.2 Å². The maximum atomic E-state index is 11.7. The van der Waals surface area contributed by atoms with Crippen molar-refractivity contribution in [2.24, 2.45) is 0 Å². The molecule has 0 aliphatic carbocycles. The second kappa shape index (κ2) is 7.09. The first kappa shape index (κ1) is 18.2. The molecular formula is C21H22N2O5. The molecule has 0 bridgehead atoms. The van der Waals surface area contributed by atoms with Crippen LogP contribution in [0.2, 0.25) is 0 Å². The quantitative estimate of drug-likeness (QED) is 0.670. The van der Waals surface area contributed by atoms with E-state index in [0.717, 1.165) is 27.7 Å². The number of methoxy groups -OCH3 is 3. The Bertz CT molecular complexity index is 1040. The van der Waals surface area contributed by atoms with Gasteiger partial charge in [-0.25, -0.2) is 0 Å². The number of aliphatic carboxylic acids is 1. The number of H-pyrrole nitrogens is 1. The maximum absolute atomic E-state index is 11.7. The Balaban J connectivity index is 1.93. The van der Waals surface area contributed by atoms with Crippen LogP contribution in [-0.2, 0) is 11.2 Å². The molecule has 3 aromatic rings. The fourth-order valence-electron chi connectivity index (χ4n) is 4.04. The molecule has 28 heavy (non-hydrogen) atoms. The third kappa shape index (κ3) is 2.84. The number of nitrogens with one attached hydrogen (secondary N) is 1. The van der Waals surface area contributed by atoms with Gasteiger partial charge in [0.1, 0.15) is 11.8 Å². The van der Waals surface area contributed by atoms with Gasteiger partial charge in [-0.05, 0) is 17.7 Å². The van der Waals surface area contributed by atoms with Crippen LogP contribution in [0.25, 0.3) is 10.9 Å². The molecule has 1 aliphatic rings. The van der Waals surface area contributed by atoms with Gasteiger partial charge >= 0.3 is 0 Å². The highest BCUT2D eigenvalue weighted by Gasteiger charge is 2.37. The number of hydrogen-bond donors (Lipinski definition) is 2. The molecule has 7 heteroatoms. The smallest absolute Gasteiger partial charge is 0.164 e. The Kier molecular flexibility index (Phi) is 4.60. The molecule has 2 atom stereocenters. The van der Waals surface area contributed by atoms with Crippen LogP contribution >= 0.6 is 0 Å². The van der Waals surface area contributed by atoms with Crippen molar-refractivity contribution in [1.29, 1.82) is 0 Å². The molecule has 0 fully saturated rings. The molecule has 0 unspecified atom stereocenters. The highest BCUT2D eigenvalue weighted by atomic mass is 16.5. The molecule has 1 aliphatic heterocycles. The molecule has 1 aromatic heterocycles. The van der Waals surface area contributed by atoms with Crippen LogP contribution in [-0.4, -0.2) is 38.3 Å². The molecule has 0 spiro atoms. The number of aromatic amines is 1. The Morgan fingerprint density at radius 2 is 1.75 bits per heavy atom. The van der Waals surface area contributed by atoms with Crippen molar-refractivity contribution in [1.82, 2.24) is 4.98 Å². The van der Waals surface area contributed by atoms with E-state index in [9.17, 15) is 9.90 Å². The number of carbonyl (C=O) groups is 1. The number of para-hydroxylation sites is 1. The third-order valence-electron chi connectivity index (χ3n) is 5.38. The number of carbonyl (C=O) groups excluding carboxylic acids is 1. The van der Waals surface area contributed by atoms with Gasteiger partial charge in [0, 0.05) is 23.4 Å². The fraction of sp³-hybridized carbons (Fsp3) is 0.286. The number of quaternary nitrogens is 1. The lowest BCUT2D eigenvalue weighted by Crippen LogP contribution is -2.95. The maximum Gasteiger partial charge on any atom is 0.164 e. The zero-order valence-electron chi connectivity index (χ0n) is 15.9. The van der Waals surface area contributed by atoms with Gasteiger partial charge in [0.2, 0.25) is 0 Å². The summed E-state index contributed by atoms with van der Waals surface area (Å²) >= 11 is 0. The lowest BCUT2D eigenvalue weighted by Gasteiger charge is -2.30. The Labute approximate surface area is 162 Å². The summed E-state index contributed by atoms with van der Waals surface area (Å²) in [6.07, 6.45) is 0.397. The topological polar surface area (TPSA) is 100 Å². The van der Waals surface area contributed by atoms with Crippen LogP contribution in [0.15, 0.2) is 36.4 Å². The van der Waals surface area contributed by atoms with E-state index < -0.39 is 12.0 Å². The molecule has 146 valence electrons. The summed E-state index contributed by atoms with van der Waals surface area (Å²) < 4.78 is 16.4. The van der Waals surface area contributed by atoms with E-state index in [4.69, 9.17) is 14.2 Å². The first-order chi connectivity index (χ1) is 13.6. The van der Waals surface area contributed by atoms with E-state index in [1.165, 1.54) is 0 Å². The van der Waals surface area contributed by atoms with E-state index in [2.05, 4.69) is 4.98 Å². The number of carboxylic acids is 1. The molecule has 0 saturated carbocycles. The average molecular weight is 382 g/mol. The fourth-order valence-corrected chi connectivity index (χ4v) is 4.04. The van der Waals surface area contributed by atoms with E-state index in [-0.39, 0.29) is 6.04 Å². The number of aromatic nitrogens is 1. The number of carboxylic acid groups (broad SMARTS) is 1. The van der Waals surface area contributed by atoms with Crippen LogP contribution < -0.4 is 24.6 Å². The largest absolute Gasteiger partial charge is 0.544 e. The molecular weight excluding hydrogens is 360 g/mol. The number of fused-ring (bicyclic) bond motifs is 3. The Morgan fingerprint density at radius 3 is 2.43 bits per heavy atom. The van der Waals surface area contributed by atoms with Gasteiger partial charge < -0.3 is 34.4 Å². The molecule has 3 N–H and O–H groups in total. The minimum Gasteiger partial charge on any atom is -0.544 e. The minimum atomic E-state index is -1.08. The standard InChI is InChI=1S/C21H22N2O5/c1-26-16-10-18(28-3)17(27-2)9-13(16)20-19-12(8-15(23-20)21(24)25)11-6-4-5-7-14(11)22-19/h4-7,9-10,15,20,22-23H,8H2,1-3H3,(H,24,25)/t15-,20+/m1/s1. The van der Waals surface area contributed by atoms with Crippen LogP contribution in [0, 0.1) is 0 Å². The monoisotopic (exact) mass is 382 g/mol. The normalized spacial score (nSPS) is 18.5. The number of rotatable bonds is 5. The summed E-state index contributed by atoms with van der Waals surface area (Å²) in [5.74, 6) is 0.620. The summed E-state index contributed by atoms with van der Waals surface area (Å²) in [7, 11) is 4.71. The van der Waals surface area contributed by atoms with Crippen molar-refractivity contribution >= 4 is 16.9 Å². The third-order valence-corrected chi connectivity index (χ3v) is 5.38. The number of hydrogen-bond acceptors (Lipinski definition) is 5. The highest BCUT2D eigenvalue weighted by molar-refractivity contribution is 5.86. The van der Waals surface area contributed by atoms with Crippen LogP contribution in [0.3, 0.4) is 0 Å². The molecule has 0 saturated heterocycles. The second-order valence-electron chi connectivity index (χ2n) is 6.81. The Morgan fingerprint density at radius 1 is 1.07 bits per heavy atom. The van der Waals surface area contributed by atoms with Gasteiger partial charge in [-0.15, -0.1) is 0 Å². The summed E-state index contributed by atoms with van der Waals surface area (Å²) in [5, 5.41) is 14.6. The lowest BCUT2D eigenvalue weighted by molar-refractivity contribution is -0.717. The summed E-state index contributed by atoms with van der Waals surface area (Å²) in [6, 6.07) is 10.5. The van der Waals surface area contributed by atoms with Gasteiger partial charge in [0.05, 0.1) is 38.6 Å². The highest BCUT2D eigenvalue weighted by Crippen LogP contribution is 2.40. The molecule has 0 radical (unpaired) electrons. The van der Waals surface area contributed by atoms with Crippen LogP contribution in [0.1, 0.15) is 22.9 Å². The predicted molar refractivity (Wildman–Crippen MR) is 101 cm³/mol. The lowest BCUT2D eigenvalue weighted by atomic mass is 9.89. The number of benzene rings is 2. The van der Waals surface area contributed by atoms with Crippen molar-refractivity contribution in [3.8, 4) is 17.2 Å². The van der Waals surface area contributed by atoms with Crippen molar-refractivity contribution in [2.45, 2.75) is 18.5 Å². The zero-order valence-corrected chi connectivity index (χ0v) is 15.9. The molecule has 2 aromatic carbocycles. The summed E-state index contributed by atoms with van der Waals surface area (Å²) in [4.78, 5) is 15.2. The summed E-state index contributed by atoms with van der Waals surface area (Å²) in [6.45, 7) is 0. The molecule has 7 nitrogen and oxygen atoms in total. The minimum absolute atomic E-state index is 0.311. The van der Waals surface area contributed by atoms with Crippen molar-refractivity contribution in [2.75, 3.05) is 21.3 Å².